The minimum Gasteiger partial charge on any atom is -0.494 e. The van der Waals surface area contributed by atoms with Crippen LogP contribution in [0.4, 0.5) is 0 Å². The Morgan fingerprint density at radius 1 is 0.618 bits per heavy atom. The van der Waals surface area contributed by atoms with Crippen LogP contribution < -0.4 is 14.9 Å². The molecule has 0 saturated heterocycles. The Morgan fingerprint density at radius 2 is 1.15 bits per heavy atom. The molecule has 2 aromatic rings. The first kappa shape index (κ1) is 27.6. The minimum atomic E-state index is -0.461. The summed E-state index contributed by atoms with van der Waals surface area (Å²) in [5, 5.41) is 0. The molecular formula is C30H42O4. The molecule has 0 bridgehead atoms. The van der Waals surface area contributed by atoms with Crippen LogP contribution in [0.5, 0.6) is 11.5 Å². The number of rotatable bonds is 18. The highest BCUT2D eigenvalue weighted by Crippen LogP contribution is 2.16. The van der Waals surface area contributed by atoms with Crippen molar-refractivity contribution in [3.8, 4) is 11.5 Å². The Bertz CT molecular complexity index is 860. The quantitative estimate of drug-likeness (QED) is 0.164. The zero-order chi connectivity index (χ0) is 24.3. The fourth-order valence-corrected chi connectivity index (χ4v) is 3.92. The molecule has 0 aliphatic rings. The number of benzene rings is 1. The van der Waals surface area contributed by atoms with Crippen LogP contribution in [0.25, 0.3) is 0 Å². The molecule has 0 saturated carbocycles. The van der Waals surface area contributed by atoms with E-state index in [0.29, 0.717) is 17.9 Å². The lowest BCUT2D eigenvalue weighted by molar-refractivity contribution is 0.0735. The predicted molar refractivity (Wildman–Crippen MR) is 140 cm³/mol. The van der Waals surface area contributed by atoms with Crippen LogP contribution in [0.1, 0.15) is 107 Å². The average molecular weight is 467 g/mol. The molecule has 2 aromatic carbocycles. The Hall–Kier alpha value is -2.62. The fourth-order valence-electron chi connectivity index (χ4n) is 3.92. The summed E-state index contributed by atoms with van der Waals surface area (Å²) in [6.45, 7) is 2.97. The van der Waals surface area contributed by atoms with Gasteiger partial charge in [0.25, 0.3) is 0 Å². The molecule has 0 aliphatic carbocycles. The predicted octanol–water partition coefficient (Wildman–Crippen LogP) is 8.13. The summed E-state index contributed by atoms with van der Waals surface area (Å²) in [7, 11) is 0. The smallest absolute Gasteiger partial charge is 0.343 e. The molecule has 0 heterocycles. The van der Waals surface area contributed by atoms with Gasteiger partial charge >= 0.3 is 5.97 Å². The van der Waals surface area contributed by atoms with Gasteiger partial charge in [0.05, 0.1) is 12.2 Å². The van der Waals surface area contributed by atoms with Crippen molar-refractivity contribution < 1.29 is 14.3 Å². The van der Waals surface area contributed by atoms with Gasteiger partial charge in [0.2, 0.25) is 0 Å². The third-order valence-corrected chi connectivity index (χ3v) is 6.00. The number of carbonyl (C=O) groups is 1. The lowest BCUT2D eigenvalue weighted by atomic mass is 10.0. The van der Waals surface area contributed by atoms with Crippen LogP contribution in [0.15, 0.2) is 59.4 Å². The van der Waals surface area contributed by atoms with Crippen LogP contribution in [-0.2, 0) is 0 Å². The van der Waals surface area contributed by atoms with Crippen LogP contribution >= 0.6 is 0 Å². The maximum absolute atomic E-state index is 12.3. The van der Waals surface area contributed by atoms with Crippen LogP contribution in [0.3, 0.4) is 0 Å². The molecule has 0 N–H and O–H groups in total. The first-order valence-corrected chi connectivity index (χ1v) is 13.2. The van der Waals surface area contributed by atoms with Crippen molar-refractivity contribution in [1.82, 2.24) is 0 Å². The number of esters is 1. The second-order valence-electron chi connectivity index (χ2n) is 9.02. The molecular weight excluding hydrogens is 424 g/mol. The second-order valence-corrected chi connectivity index (χ2v) is 9.02. The molecule has 0 amide bonds. The van der Waals surface area contributed by atoms with Crippen molar-refractivity contribution in [3.05, 3.63) is 70.4 Å². The van der Waals surface area contributed by atoms with Crippen LogP contribution in [0, 0.1) is 0 Å². The van der Waals surface area contributed by atoms with Crippen LogP contribution in [0.2, 0.25) is 0 Å². The molecule has 4 nitrogen and oxygen atoms in total. The van der Waals surface area contributed by atoms with Crippen molar-refractivity contribution in [2.24, 2.45) is 0 Å². The number of ether oxygens (including phenoxy) is 2. The summed E-state index contributed by atoms with van der Waals surface area (Å²) >= 11 is 0. The van der Waals surface area contributed by atoms with E-state index in [9.17, 15) is 9.59 Å². The van der Waals surface area contributed by atoms with Gasteiger partial charge in [-0.15, -0.1) is 0 Å². The molecule has 0 unspecified atom stereocenters. The molecule has 4 heteroatoms. The lowest BCUT2D eigenvalue weighted by Gasteiger charge is -2.07. The first-order chi connectivity index (χ1) is 16.7. The second kappa shape index (κ2) is 17.8. The first-order valence-electron chi connectivity index (χ1n) is 13.2. The standard InChI is InChI=1S/C30H42O4/c1-2-3-4-5-6-7-8-9-10-11-12-13-14-15-25-33-28-22-19-26(20-23-28)30(32)34-29-18-16-17-27(31)21-24-29/h16-24H,2-15,25H2,1H3. The average Bonchev–Trinajstić information content (AvgIpc) is 3.05. The summed E-state index contributed by atoms with van der Waals surface area (Å²) in [5.41, 5.74) is 0.306. The van der Waals surface area contributed by atoms with E-state index in [1.54, 1.807) is 36.4 Å². The van der Waals surface area contributed by atoms with Gasteiger partial charge in [-0.2, -0.15) is 0 Å². The van der Waals surface area contributed by atoms with E-state index in [2.05, 4.69) is 6.92 Å². The summed E-state index contributed by atoms with van der Waals surface area (Å²) in [6, 6.07) is 14.4. The highest BCUT2D eigenvalue weighted by molar-refractivity contribution is 5.91. The van der Waals surface area contributed by atoms with E-state index in [1.165, 1.54) is 102 Å². The van der Waals surface area contributed by atoms with E-state index in [-0.39, 0.29) is 5.43 Å². The zero-order valence-electron chi connectivity index (χ0n) is 20.9. The molecule has 0 atom stereocenters. The number of unbranched alkanes of at least 4 members (excludes halogenated alkanes) is 13. The highest BCUT2D eigenvalue weighted by Gasteiger charge is 2.08. The molecule has 0 aromatic heterocycles. The van der Waals surface area contributed by atoms with Gasteiger partial charge < -0.3 is 9.47 Å². The number of hydrogen-bond acceptors (Lipinski definition) is 4. The Morgan fingerprint density at radius 3 is 1.74 bits per heavy atom. The van der Waals surface area contributed by atoms with E-state index >= 15 is 0 Å². The van der Waals surface area contributed by atoms with Gasteiger partial charge in [-0.25, -0.2) is 4.79 Å². The normalized spacial score (nSPS) is 10.7. The zero-order valence-corrected chi connectivity index (χ0v) is 20.9. The molecule has 2 rings (SSSR count). The lowest BCUT2D eigenvalue weighted by Crippen LogP contribution is -2.08. The van der Waals surface area contributed by atoms with E-state index in [1.807, 2.05) is 0 Å². The van der Waals surface area contributed by atoms with E-state index < -0.39 is 5.97 Å². The Labute approximate surface area is 205 Å². The van der Waals surface area contributed by atoms with Gasteiger partial charge in [0.1, 0.15) is 11.5 Å². The maximum atomic E-state index is 12.3. The van der Waals surface area contributed by atoms with Crippen molar-refractivity contribution in [2.45, 2.75) is 96.8 Å². The third kappa shape index (κ3) is 12.6. The van der Waals surface area contributed by atoms with Crippen molar-refractivity contribution >= 4 is 5.97 Å². The van der Waals surface area contributed by atoms with Gasteiger partial charge in [-0.05, 0) is 55.0 Å². The molecule has 0 aliphatic heterocycles. The molecule has 34 heavy (non-hydrogen) atoms. The van der Waals surface area contributed by atoms with Crippen molar-refractivity contribution in [1.29, 1.82) is 0 Å². The topological polar surface area (TPSA) is 52.6 Å². The molecule has 0 spiro atoms. The largest absolute Gasteiger partial charge is 0.494 e. The maximum Gasteiger partial charge on any atom is 0.343 e. The number of carbonyl (C=O) groups excluding carboxylic acids is 1. The van der Waals surface area contributed by atoms with Gasteiger partial charge in [0, 0.05) is 0 Å². The van der Waals surface area contributed by atoms with Crippen molar-refractivity contribution in [2.75, 3.05) is 6.61 Å². The fraction of sp³-hybridized carbons (Fsp3) is 0.533. The third-order valence-electron chi connectivity index (χ3n) is 6.00. The highest BCUT2D eigenvalue weighted by atomic mass is 16.5. The molecule has 0 radical (unpaired) electrons. The monoisotopic (exact) mass is 466 g/mol. The summed E-state index contributed by atoms with van der Waals surface area (Å²) in [6.07, 6.45) is 18.8. The van der Waals surface area contributed by atoms with E-state index in [4.69, 9.17) is 9.47 Å². The summed E-state index contributed by atoms with van der Waals surface area (Å²) < 4.78 is 11.1. The Balaban J connectivity index is 1.48. The summed E-state index contributed by atoms with van der Waals surface area (Å²) in [4.78, 5) is 23.6. The van der Waals surface area contributed by atoms with Crippen LogP contribution in [-0.4, -0.2) is 12.6 Å². The van der Waals surface area contributed by atoms with Gasteiger partial charge in [-0.1, -0.05) is 96.5 Å². The Kier molecular flexibility index (Phi) is 14.5. The van der Waals surface area contributed by atoms with Gasteiger partial charge in [-0.3, -0.25) is 4.79 Å². The molecule has 0 fully saturated rings. The molecule has 186 valence electrons. The van der Waals surface area contributed by atoms with Gasteiger partial charge in [0.15, 0.2) is 5.43 Å². The minimum absolute atomic E-state index is 0.136. The number of hydrogen-bond donors (Lipinski definition) is 0. The van der Waals surface area contributed by atoms with Crippen molar-refractivity contribution in [3.63, 3.8) is 0 Å². The SMILES string of the molecule is CCCCCCCCCCCCCCCCOc1ccc(C(=O)Oc2cccc(=O)cc2)cc1. The van der Waals surface area contributed by atoms with E-state index in [0.717, 1.165) is 12.2 Å². The summed E-state index contributed by atoms with van der Waals surface area (Å²) in [5.74, 6) is 0.635.